The fourth-order valence-corrected chi connectivity index (χ4v) is 1.64. The lowest BCUT2D eigenvalue weighted by Gasteiger charge is -2.19. The molecule has 1 aromatic rings. The number of amides is 1. The molecule has 0 unspecified atom stereocenters. The van der Waals surface area contributed by atoms with E-state index >= 15 is 0 Å². The van der Waals surface area contributed by atoms with E-state index < -0.39 is 17.3 Å². The van der Waals surface area contributed by atoms with E-state index in [1.807, 2.05) is 0 Å². The maximum atomic E-state index is 12.5. The average Bonchev–Trinajstić information content (AvgIpc) is 2.32. The van der Waals surface area contributed by atoms with Gasteiger partial charge in [-0.25, -0.2) is 0 Å². The van der Waals surface area contributed by atoms with E-state index in [4.69, 9.17) is 0 Å². The molecule has 1 heterocycles. The van der Waals surface area contributed by atoms with Crippen LogP contribution in [-0.4, -0.2) is 28.5 Å². The van der Waals surface area contributed by atoms with Crippen LogP contribution in [0.5, 0.6) is 0 Å². The smallest absolute Gasteiger partial charge is 0.342 e. The van der Waals surface area contributed by atoms with Crippen LogP contribution in [0.3, 0.4) is 0 Å². The lowest BCUT2D eigenvalue weighted by molar-refractivity contribution is -0.138. The Balaban J connectivity index is 3.01. The Labute approximate surface area is 108 Å². The van der Waals surface area contributed by atoms with E-state index in [2.05, 4.69) is 0 Å². The van der Waals surface area contributed by atoms with E-state index in [9.17, 15) is 22.8 Å². The molecule has 1 amide bonds. The first kappa shape index (κ1) is 15.3. The van der Waals surface area contributed by atoms with Crippen LogP contribution in [0.4, 0.5) is 13.2 Å². The minimum atomic E-state index is -4.53. The van der Waals surface area contributed by atoms with Crippen molar-refractivity contribution in [3.63, 3.8) is 0 Å². The minimum Gasteiger partial charge on any atom is -0.342 e. The molecule has 7 heteroatoms. The van der Waals surface area contributed by atoms with E-state index in [-0.39, 0.29) is 12.5 Å². The molecule has 19 heavy (non-hydrogen) atoms. The Morgan fingerprint density at radius 3 is 2.32 bits per heavy atom. The van der Waals surface area contributed by atoms with E-state index in [1.165, 1.54) is 4.90 Å². The second-order valence-electron chi connectivity index (χ2n) is 3.95. The summed E-state index contributed by atoms with van der Waals surface area (Å²) >= 11 is 0. The molecule has 0 aliphatic rings. The van der Waals surface area contributed by atoms with Gasteiger partial charge in [-0.2, -0.15) is 13.2 Å². The number of carbonyl (C=O) groups excluding carboxylic acids is 1. The van der Waals surface area contributed by atoms with Crippen LogP contribution in [0.1, 0.15) is 19.4 Å². The largest absolute Gasteiger partial charge is 0.417 e. The normalized spacial score (nSPS) is 11.4. The van der Waals surface area contributed by atoms with Crippen molar-refractivity contribution < 1.29 is 18.0 Å². The van der Waals surface area contributed by atoms with Crippen molar-refractivity contribution in [2.45, 2.75) is 26.6 Å². The number of pyridine rings is 1. The molecule has 0 fully saturated rings. The summed E-state index contributed by atoms with van der Waals surface area (Å²) < 4.78 is 38.3. The zero-order chi connectivity index (χ0) is 14.6. The Morgan fingerprint density at radius 2 is 1.84 bits per heavy atom. The predicted octanol–water partition coefficient (Wildman–Crippen LogP) is 1.74. The Morgan fingerprint density at radius 1 is 1.26 bits per heavy atom. The summed E-state index contributed by atoms with van der Waals surface area (Å²) in [7, 11) is 0. The molecule has 0 saturated heterocycles. The summed E-state index contributed by atoms with van der Waals surface area (Å²) in [5.74, 6) is -0.383. The van der Waals surface area contributed by atoms with Gasteiger partial charge in [0.1, 0.15) is 6.54 Å². The standard InChI is InChI=1S/C12H15F3N2O2/c1-3-16(4-2)11(19)8-17-7-9(12(13,14)15)5-6-10(17)18/h5-7H,3-4,8H2,1-2H3. The van der Waals surface area contributed by atoms with E-state index in [1.54, 1.807) is 13.8 Å². The minimum absolute atomic E-state index is 0.383. The molecule has 0 spiro atoms. The predicted molar refractivity (Wildman–Crippen MR) is 63.6 cm³/mol. The van der Waals surface area contributed by atoms with Gasteiger partial charge in [0.05, 0.1) is 5.56 Å². The highest BCUT2D eigenvalue weighted by molar-refractivity contribution is 5.75. The zero-order valence-electron chi connectivity index (χ0n) is 10.7. The third-order valence-electron chi connectivity index (χ3n) is 2.73. The summed E-state index contributed by atoms with van der Waals surface area (Å²) in [5, 5.41) is 0. The number of aromatic nitrogens is 1. The average molecular weight is 276 g/mol. The molecule has 0 aliphatic heterocycles. The maximum Gasteiger partial charge on any atom is 0.417 e. The quantitative estimate of drug-likeness (QED) is 0.840. The molecular formula is C12H15F3N2O2. The van der Waals surface area contributed by atoms with Gasteiger partial charge in [-0.3, -0.25) is 9.59 Å². The van der Waals surface area contributed by atoms with Crippen LogP contribution in [0.15, 0.2) is 23.1 Å². The van der Waals surface area contributed by atoms with Crippen LogP contribution >= 0.6 is 0 Å². The van der Waals surface area contributed by atoms with Gasteiger partial charge in [0.2, 0.25) is 5.91 Å². The molecule has 0 aliphatic carbocycles. The summed E-state index contributed by atoms with van der Waals surface area (Å²) in [6.45, 7) is 4.03. The van der Waals surface area contributed by atoms with Gasteiger partial charge >= 0.3 is 6.18 Å². The van der Waals surface area contributed by atoms with Gasteiger partial charge in [-0.05, 0) is 19.9 Å². The number of carbonyl (C=O) groups is 1. The van der Waals surface area contributed by atoms with Crippen molar-refractivity contribution in [1.82, 2.24) is 9.47 Å². The number of hydrogen-bond acceptors (Lipinski definition) is 2. The van der Waals surface area contributed by atoms with Gasteiger partial charge in [0.15, 0.2) is 0 Å². The monoisotopic (exact) mass is 276 g/mol. The Kier molecular flexibility index (Phi) is 4.74. The SMILES string of the molecule is CCN(CC)C(=O)Cn1cc(C(F)(F)F)ccc1=O. The number of alkyl halides is 3. The van der Waals surface area contributed by atoms with Crippen molar-refractivity contribution in [1.29, 1.82) is 0 Å². The van der Waals surface area contributed by atoms with Gasteiger partial charge in [0, 0.05) is 25.4 Å². The molecule has 4 nitrogen and oxygen atoms in total. The molecule has 0 bridgehead atoms. The fraction of sp³-hybridized carbons (Fsp3) is 0.500. The first-order valence-corrected chi connectivity index (χ1v) is 5.85. The summed E-state index contributed by atoms with van der Waals surface area (Å²) in [6.07, 6.45) is -3.86. The molecule has 0 radical (unpaired) electrons. The number of rotatable bonds is 4. The van der Waals surface area contributed by atoms with Gasteiger partial charge in [-0.15, -0.1) is 0 Å². The number of hydrogen-bond donors (Lipinski definition) is 0. The second-order valence-corrected chi connectivity index (χ2v) is 3.95. The summed E-state index contributed by atoms with van der Waals surface area (Å²) in [5.41, 5.74) is -1.58. The Bertz CT molecular complexity index is 504. The van der Waals surface area contributed by atoms with Crippen LogP contribution in [0, 0.1) is 0 Å². The lowest BCUT2D eigenvalue weighted by atomic mass is 10.2. The molecule has 106 valence electrons. The van der Waals surface area contributed by atoms with Gasteiger partial charge < -0.3 is 9.47 Å². The summed E-state index contributed by atoms with van der Waals surface area (Å²) in [6, 6.07) is 1.53. The topological polar surface area (TPSA) is 42.3 Å². The molecule has 1 aromatic heterocycles. The first-order valence-electron chi connectivity index (χ1n) is 5.85. The zero-order valence-corrected chi connectivity index (χ0v) is 10.7. The highest BCUT2D eigenvalue weighted by atomic mass is 19.4. The molecular weight excluding hydrogens is 261 g/mol. The van der Waals surface area contributed by atoms with Gasteiger partial charge in [0.25, 0.3) is 5.56 Å². The fourth-order valence-electron chi connectivity index (χ4n) is 1.64. The van der Waals surface area contributed by atoms with Crippen LogP contribution in [-0.2, 0) is 17.5 Å². The maximum absolute atomic E-state index is 12.5. The number of nitrogens with zero attached hydrogens (tertiary/aromatic N) is 2. The number of likely N-dealkylation sites (N-methyl/N-ethyl adjacent to an activating group) is 1. The van der Waals surface area contributed by atoms with Crippen molar-refractivity contribution in [3.8, 4) is 0 Å². The first-order chi connectivity index (χ1) is 8.79. The van der Waals surface area contributed by atoms with E-state index in [0.29, 0.717) is 25.4 Å². The molecule has 0 aromatic carbocycles. The summed E-state index contributed by atoms with van der Waals surface area (Å²) in [4.78, 5) is 24.7. The van der Waals surface area contributed by atoms with Crippen molar-refractivity contribution in [3.05, 3.63) is 34.2 Å². The molecule has 0 saturated carbocycles. The van der Waals surface area contributed by atoms with Crippen LogP contribution in [0.25, 0.3) is 0 Å². The second kappa shape index (κ2) is 5.90. The van der Waals surface area contributed by atoms with Crippen molar-refractivity contribution in [2.75, 3.05) is 13.1 Å². The van der Waals surface area contributed by atoms with Crippen LogP contribution in [0.2, 0.25) is 0 Å². The van der Waals surface area contributed by atoms with Crippen molar-refractivity contribution in [2.24, 2.45) is 0 Å². The third kappa shape index (κ3) is 3.84. The third-order valence-corrected chi connectivity index (χ3v) is 2.73. The highest BCUT2D eigenvalue weighted by Crippen LogP contribution is 2.27. The van der Waals surface area contributed by atoms with Crippen molar-refractivity contribution >= 4 is 5.91 Å². The Hall–Kier alpha value is -1.79. The molecule has 0 atom stereocenters. The molecule has 1 rings (SSSR count). The number of halogens is 3. The molecule has 0 N–H and O–H groups in total. The van der Waals surface area contributed by atoms with Crippen LogP contribution < -0.4 is 5.56 Å². The van der Waals surface area contributed by atoms with Gasteiger partial charge in [-0.1, -0.05) is 0 Å². The lowest BCUT2D eigenvalue weighted by Crippen LogP contribution is -2.36. The highest BCUT2D eigenvalue weighted by Gasteiger charge is 2.31. The van der Waals surface area contributed by atoms with E-state index in [0.717, 1.165) is 10.6 Å².